The third-order valence-corrected chi connectivity index (χ3v) is 6.79. The van der Waals surface area contributed by atoms with Crippen molar-refractivity contribution in [3.63, 3.8) is 0 Å². The van der Waals surface area contributed by atoms with Crippen molar-refractivity contribution in [3.05, 3.63) is 35.9 Å². The van der Waals surface area contributed by atoms with Crippen molar-refractivity contribution >= 4 is 17.9 Å². The molecule has 3 amide bonds. The van der Waals surface area contributed by atoms with E-state index in [9.17, 15) is 9.59 Å². The van der Waals surface area contributed by atoms with Crippen LogP contribution in [0.5, 0.6) is 0 Å². The molecule has 1 aliphatic carbocycles. The Balaban J connectivity index is 1.41. The average molecular weight is 398 g/mol. The van der Waals surface area contributed by atoms with Gasteiger partial charge in [0, 0.05) is 25.0 Å². The molecule has 7 heteroatoms. The SMILES string of the molecule is CCNC(=NCC1(c2ccccc2)CC1)N1CCC(C2(C)NC(=O)NC2=O)CC1. The number of hydrogen-bond acceptors (Lipinski definition) is 3. The summed E-state index contributed by atoms with van der Waals surface area (Å²) in [5, 5.41) is 8.65. The van der Waals surface area contributed by atoms with E-state index < -0.39 is 5.54 Å². The number of carbonyl (C=O) groups is 2. The lowest BCUT2D eigenvalue weighted by molar-refractivity contribution is -0.125. The Morgan fingerprint density at radius 2 is 1.90 bits per heavy atom. The van der Waals surface area contributed by atoms with Gasteiger partial charge < -0.3 is 15.5 Å². The number of rotatable bonds is 5. The molecule has 2 heterocycles. The molecule has 7 nitrogen and oxygen atoms in total. The van der Waals surface area contributed by atoms with Gasteiger partial charge in [0.25, 0.3) is 5.91 Å². The van der Waals surface area contributed by atoms with Crippen LogP contribution in [-0.2, 0) is 10.2 Å². The summed E-state index contributed by atoms with van der Waals surface area (Å²) in [6.45, 7) is 7.21. The van der Waals surface area contributed by atoms with Crippen LogP contribution in [-0.4, -0.2) is 54.5 Å². The van der Waals surface area contributed by atoms with Crippen LogP contribution in [0.2, 0.25) is 0 Å². The van der Waals surface area contributed by atoms with Crippen LogP contribution in [0.4, 0.5) is 4.79 Å². The molecule has 1 aromatic rings. The number of benzene rings is 1. The van der Waals surface area contributed by atoms with Gasteiger partial charge in [-0.3, -0.25) is 15.1 Å². The van der Waals surface area contributed by atoms with Crippen molar-refractivity contribution in [1.82, 2.24) is 20.9 Å². The molecule has 0 spiro atoms. The second-order valence-corrected chi connectivity index (χ2v) is 8.69. The van der Waals surface area contributed by atoms with E-state index in [1.807, 2.05) is 6.92 Å². The third-order valence-electron chi connectivity index (χ3n) is 6.79. The summed E-state index contributed by atoms with van der Waals surface area (Å²) < 4.78 is 0. The molecule has 0 bridgehead atoms. The number of guanidine groups is 1. The second-order valence-electron chi connectivity index (χ2n) is 8.69. The van der Waals surface area contributed by atoms with E-state index in [4.69, 9.17) is 4.99 Å². The molecular weight excluding hydrogens is 366 g/mol. The lowest BCUT2D eigenvalue weighted by Crippen LogP contribution is -2.55. The molecule has 0 aromatic heterocycles. The van der Waals surface area contributed by atoms with Gasteiger partial charge in [-0.1, -0.05) is 30.3 Å². The van der Waals surface area contributed by atoms with Crippen LogP contribution in [0, 0.1) is 5.92 Å². The maximum Gasteiger partial charge on any atom is 0.322 e. The van der Waals surface area contributed by atoms with Gasteiger partial charge >= 0.3 is 6.03 Å². The monoisotopic (exact) mass is 397 g/mol. The molecule has 156 valence electrons. The van der Waals surface area contributed by atoms with Crippen molar-refractivity contribution in [2.45, 2.75) is 50.5 Å². The van der Waals surface area contributed by atoms with E-state index in [1.165, 1.54) is 18.4 Å². The van der Waals surface area contributed by atoms with Gasteiger partial charge in [0.05, 0.1) is 6.54 Å². The normalized spacial score (nSPS) is 26.8. The van der Waals surface area contributed by atoms with E-state index in [-0.39, 0.29) is 23.3 Å². The number of nitrogens with one attached hydrogen (secondary N) is 3. The predicted molar refractivity (Wildman–Crippen MR) is 113 cm³/mol. The zero-order valence-corrected chi connectivity index (χ0v) is 17.3. The Kier molecular flexibility index (Phi) is 5.23. The first-order valence-corrected chi connectivity index (χ1v) is 10.7. The summed E-state index contributed by atoms with van der Waals surface area (Å²) in [4.78, 5) is 31.1. The number of likely N-dealkylation sites (tertiary alicyclic amines) is 1. The van der Waals surface area contributed by atoms with E-state index >= 15 is 0 Å². The number of nitrogens with zero attached hydrogens (tertiary/aromatic N) is 2. The number of carbonyl (C=O) groups excluding carboxylic acids is 2. The summed E-state index contributed by atoms with van der Waals surface area (Å²) >= 11 is 0. The van der Waals surface area contributed by atoms with Gasteiger partial charge in [0.2, 0.25) is 0 Å². The van der Waals surface area contributed by atoms with Gasteiger partial charge in [0.15, 0.2) is 5.96 Å². The first kappa shape index (κ1) is 19.7. The summed E-state index contributed by atoms with van der Waals surface area (Å²) in [6, 6.07) is 10.3. The molecule has 3 aliphatic rings. The Morgan fingerprint density at radius 3 is 2.45 bits per heavy atom. The highest BCUT2D eigenvalue weighted by Crippen LogP contribution is 2.48. The molecule has 1 unspecified atom stereocenters. The van der Waals surface area contributed by atoms with Gasteiger partial charge in [-0.15, -0.1) is 0 Å². The minimum absolute atomic E-state index is 0.132. The Labute approximate surface area is 172 Å². The van der Waals surface area contributed by atoms with Crippen LogP contribution in [0.3, 0.4) is 0 Å². The van der Waals surface area contributed by atoms with Crippen LogP contribution >= 0.6 is 0 Å². The Hall–Kier alpha value is -2.57. The van der Waals surface area contributed by atoms with E-state index in [1.54, 1.807) is 0 Å². The number of aliphatic imine (C=N–C) groups is 1. The molecule has 0 radical (unpaired) electrons. The number of urea groups is 1. The minimum Gasteiger partial charge on any atom is -0.357 e. The fourth-order valence-electron chi connectivity index (χ4n) is 4.65. The van der Waals surface area contributed by atoms with Crippen molar-refractivity contribution in [2.75, 3.05) is 26.2 Å². The summed E-state index contributed by atoms with van der Waals surface area (Å²) in [7, 11) is 0. The van der Waals surface area contributed by atoms with E-state index in [0.717, 1.165) is 45.0 Å². The van der Waals surface area contributed by atoms with Crippen LogP contribution in [0.1, 0.15) is 45.1 Å². The predicted octanol–water partition coefficient (Wildman–Crippen LogP) is 1.99. The highest BCUT2D eigenvalue weighted by Gasteiger charge is 2.49. The van der Waals surface area contributed by atoms with Gasteiger partial charge in [-0.2, -0.15) is 0 Å². The molecule has 4 rings (SSSR count). The van der Waals surface area contributed by atoms with E-state index in [0.29, 0.717) is 0 Å². The third kappa shape index (κ3) is 3.82. The van der Waals surface area contributed by atoms with Crippen molar-refractivity contribution < 1.29 is 9.59 Å². The highest BCUT2D eigenvalue weighted by atomic mass is 16.2. The lowest BCUT2D eigenvalue weighted by Gasteiger charge is -2.39. The maximum absolute atomic E-state index is 12.2. The van der Waals surface area contributed by atoms with Crippen LogP contribution in [0.25, 0.3) is 0 Å². The summed E-state index contributed by atoms with van der Waals surface area (Å²) in [5.41, 5.74) is 0.776. The smallest absolute Gasteiger partial charge is 0.322 e. The summed E-state index contributed by atoms with van der Waals surface area (Å²) in [5.74, 6) is 0.880. The Bertz CT molecular complexity index is 797. The largest absolute Gasteiger partial charge is 0.357 e. The molecular formula is C22H31N5O2. The maximum atomic E-state index is 12.2. The Morgan fingerprint density at radius 1 is 1.21 bits per heavy atom. The zero-order chi connectivity index (χ0) is 20.5. The zero-order valence-electron chi connectivity index (χ0n) is 17.3. The molecule has 2 aliphatic heterocycles. The number of amides is 3. The fraction of sp³-hybridized carbons (Fsp3) is 0.591. The molecule has 1 atom stereocenters. The first-order valence-electron chi connectivity index (χ1n) is 10.7. The van der Waals surface area contributed by atoms with Crippen LogP contribution in [0.15, 0.2) is 35.3 Å². The van der Waals surface area contributed by atoms with Gasteiger partial charge in [0.1, 0.15) is 5.54 Å². The minimum atomic E-state index is -0.802. The van der Waals surface area contributed by atoms with Crippen LogP contribution < -0.4 is 16.0 Å². The number of piperidine rings is 1. The quantitative estimate of drug-likeness (QED) is 0.403. The number of imide groups is 1. The first-order chi connectivity index (χ1) is 14.0. The van der Waals surface area contributed by atoms with Gasteiger partial charge in [-0.05, 0) is 51.0 Å². The fourth-order valence-corrected chi connectivity index (χ4v) is 4.65. The summed E-state index contributed by atoms with van der Waals surface area (Å²) in [6.07, 6.45) is 4.07. The van der Waals surface area contributed by atoms with Crippen molar-refractivity contribution in [3.8, 4) is 0 Å². The molecule has 3 N–H and O–H groups in total. The highest BCUT2D eigenvalue weighted by molar-refractivity contribution is 6.07. The van der Waals surface area contributed by atoms with E-state index in [2.05, 4.69) is 58.1 Å². The topological polar surface area (TPSA) is 85.8 Å². The molecule has 3 fully saturated rings. The van der Waals surface area contributed by atoms with Crippen molar-refractivity contribution in [2.24, 2.45) is 10.9 Å². The number of hydrogen-bond donors (Lipinski definition) is 3. The second kappa shape index (κ2) is 7.69. The standard InChI is InChI=1S/C22H31N5O2/c1-3-23-19(24-15-22(11-12-22)17-7-5-4-6-8-17)27-13-9-16(10-14-27)21(2)18(28)25-20(29)26-21/h4-8,16H,3,9-15H2,1-2H3,(H,23,24)(H2,25,26,28,29). The molecule has 1 aromatic carbocycles. The molecule has 2 saturated heterocycles. The lowest BCUT2D eigenvalue weighted by atomic mass is 9.79. The van der Waals surface area contributed by atoms with Crippen molar-refractivity contribution in [1.29, 1.82) is 0 Å². The van der Waals surface area contributed by atoms with Gasteiger partial charge in [-0.25, -0.2) is 4.79 Å². The molecule has 1 saturated carbocycles. The molecule has 29 heavy (non-hydrogen) atoms. The average Bonchev–Trinajstić information content (AvgIpc) is 3.47.